The van der Waals surface area contributed by atoms with Gasteiger partial charge in [-0.15, -0.1) is 0 Å². The Balaban J connectivity index is 2.03. The van der Waals surface area contributed by atoms with Crippen LogP contribution in [-0.4, -0.2) is 20.7 Å². The molecular weight excluding hydrogens is 296 g/mol. The van der Waals surface area contributed by atoms with Crippen LogP contribution in [0.4, 0.5) is 0 Å². The third kappa shape index (κ3) is 3.16. The highest BCUT2D eigenvalue weighted by Gasteiger charge is 2.60. The number of hydrogen-bond donors (Lipinski definition) is 2. The Kier molecular flexibility index (Phi) is 4.61. The molecule has 0 aromatic carbocycles. The average molecular weight is 322 g/mol. The predicted octanol–water partition coefficient (Wildman–Crippen LogP) is 3.38. The molecule has 122 valence electrons. The quantitative estimate of drug-likeness (QED) is 0.645. The van der Waals surface area contributed by atoms with Gasteiger partial charge >= 0.3 is 0 Å². The molecule has 0 radical (unpaired) electrons. The second-order valence-corrected chi connectivity index (χ2v) is 7.58. The zero-order valence-electron chi connectivity index (χ0n) is 14.2. The molecule has 0 spiro atoms. The van der Waals surface area contributed by atoms with Gasteiger partial charge < -0.3 is 9.88 Å². The van der Waals surface area contributed by atoms with E-state index in [4.69, 9.17) is 12.2 Å². The summed E-state index contributed by atoms with van der Waals surface area (Å²) in [6, 6.07) is 0.217. The van der Waals surface area contributed by atoms with Crippen molar-refractivity contribution in [1.29, 1.82) is 0 Å². The summed E-state index contributed by atoms with van der Waals surface area (Å²) in [4.78, 5) is 12.5. The topological polar surface area (TPSA) is 62.7 Å². The molecule has 1 saturated carbocycles. The lowest BCUT2D eigenvalue weighted by atomic mass is 10.1. The van der Waals surface area contributed by atoms with Crippen LogP contribution >= 0.6 is 12.2 Å². The predicted molar refractivity (Wildman–Crippen MR) is 89.8 cm³/mol. The van der Waals surface area contributed by atoms with Crippen LogP contribution in [0.15, 0.2) is 11.6 Å². The first-order valence-corrected chi connectivity index (χ1v) is 8.15. The highest BCUT2D eigenvalue weighted by Crippen LogP contribution is 2.59. The second-order valence-electron chi connectivity index (χ2n) is 7.20. The molecule has 0 saturated heterocycles. The van der Waals surface area contributed by atoms with E-state index in [1.807, 2.05) is 18.4 Å². The second kappa shape index (κ2) is 5.99. The number of rotatable bonds is 5. The van der Waals surface area contributed by atoms with Crippen molar-refractivity contribution in [3.8, 4) is 0 Å². The van der Waals surface area contributed by atoms with E-state index in [0.29, 0.717) is 17.2 Å². The van der Waals surface area contributed by atoms with Crippen molar-refractivity contribution in [3.05, 3.63) is 22.2 Å². The Morgan fingerprint density at radius 2 is 2.14 bits per heavy atom. The number of amides is 1. The van der Waals surface area contributed by atoms with Crippen LogP contribution < -0.4 is 5.32 Å². The summed E-state index contributed by atoms with van der Waals surface area (Å²) in [5.74, 6) is 1.22. The van der Waals surface area contributed by atoms with Crippen molar-refractivity contribution in [3.63, 3.8) is 0 Å². The minimum absolute atomic E-state index is 0.0319. The molecule has 1 aliphatic carbocycles. The monoisotopic (exact) mass is 322 g/mol. The fraction of sp³-hybridized carbons (Fsp3) is 0.688. The van der Waals surface area contributed by atoms with Gasteiger partial charge in [-0.25, -0.2) is 0 Å². The third-order valence-electron chi connectivity index (χ3n) is 4.42. The molecule has 1 aromatic heterocycles. The van der Waals surface area contributed by atoms with Crippen LogP contribution in [0.1, 0.15) is 53.4 Å². The van der Waals surface area contributed by atoms with Crippen LogP contribution in [-0.2, 0) is 11.3 Å². The number of nitrogens with one attached hydrogen (secondary N) is 2. The fourth-order valence-corrected chi connectivity index (χ4v) is 3.48. The van der Waals surface area contributed by atoms with E-state index in [0.717, 1.165) is 5.82 Å². The van der Waals surface area contributed by atoms with E-state index in [1.165, 1.54) is 5.57 Å². The molecule has 1 aliphatic rings. The summed E-state index contributed by atoms with van der Waals surface area (Å²) in [6.07, 6.45) is 2.20. The molecule has 5 nitrogen and oxygen atoms in total. The van der Waals surface area contributed by atoms with Gasteiger partial charge in [-0.3, -0.25) is 9.89 Å². The van der Waals surface area contributed by atoms with Crippen LogP contribution in [0, 0.1) is 22.0 Å². The van der Waals surface area contributed by atoms with E-state index < -0.39 is 0 Å². The standard InChI is InChI=1S/C16H26N4OS/c1-9(2)7-11-13(16(11,5)6)14(21)17-8-12-18-19-15(22)20(12)10(3)4/h7,10-11,13H,8H2,1-6H3,(H,17,21)(H,19,22)/t11-,13+/m0/s1. The molecule has 1 fully saturated rings. The van der Waals surface area contributed by atoms with Crippen molar-refractivity contribution < 1.29 is 4.79 Å². The number of carbonyl (C=O) groups excluding carboxylic acids is 1. The Labute approximate surface area is 137 Å². The number of hydrogen-bond acceptors (Lipinski definition) is 3. The summed E-state index contributed by atoms with van der Waals surface area (Å²) >= 11 is 5.22. The molecule has 22 heavy (non-hydrogen) atoms. The zero-order valence-corrected chi connectivity index (χ0v) is 15.0. The number of H-pyrrole nitrogens is 1. The molecule has 1 heterocycles. The molecule has 0 bridgehead atoms. The van der Waals surface area contributed by atoms with Gasteiger partial charge in [-0.05, 0) is 51.2 Å². The van der Waals surface area contributed by atoms with E-state index in [-0.39, 0.29) is 23.3 Å². The Hall–Kier alpha value is -1.43. The molecule has 2 N–H and O–H groups in total. The Morgan fingerprint density at radius 3 is 2.68 bits per heavy atom. The summed E-state index contributed by atoms with van der Waals surface area (Å²) in [7, 11) is 0. The summed E-state index contributed by atoms with van der Waals surface area (Å²) in [5, 5.41) is 10.0. The highest BCUT2D eigenvalue weighted by atomic mass is 32.1. The van der Waals surface area contributed by atoms with Crippen molar-refractivity contribution in [1.82, 2.24) is 20.1 Å². The minimum atomic E-state index is 0.0319. The smallest absolute Gasteiger partial charge is 0.224 e. The van der Waals surface area contributed by atoms with Crippen LogP contribution in [0.3, 0.4) is 0 Å². The van der Waals surface area contributed by atoms with Gasteiger partial charge in [0.05, 0.1) is 12.5 Å². The number of carbonyl (C=O) groups is 1. The third-order valence-corrected chi connectivity index (χ3v) is 4.71. The number of allylic oxidation sites excluding steroid dienone is 2. The molecule has 0 aliphatic heterocycles. The van der Waals surface area contributed by atoms with Crippen LogP contribution in [0.5, 0.6) is 0 Å². The SMILES string of the molecule is CC(C)=C[C@H]1[C@H](C(=O)NCc2n[nH]c(=S)n2C(C)C)C1(C)C. The van der Waals surface area contributed by atoms with Crippen LogP contribution in [0.2, 0.25) is 0 Å². The zero-order chi connectivity index (χ0) is 16.7. The summed E-state index contributed by atoms with van der Waals surface area (Å²) in [5.41, 5.74) is 1.29. The van der Waals surface area contributed by atoms with E-state index in [1.54, 1.807) is 0 Å². The van der Waals surface area contributed by atoms with Gasteiger partial charge in [0.25, 0.3) is 0 Å². The Bertz CT molecular complexity index is 649. The largest absolute Gasteiger partial charge is 0.349 e. The maximum Gasteiger partial charge on any atom is 0.224 e. The number of nitrogens with zero attached hydrogens (tertiary/aromatic N) is 2. The maximum atomic E-state index is 12.5. The first-order chi connectivity index (χ1) is 10.2. The molecule has 2 rings (SSSR count). The van der Waals surface area contributed by atoms with E-state index in [9.17, 15) is 4.79 Å². The van der Waals surface area contributed by atoms with Gasteiger partial charge in [0.15, 0.2) is 10.6 Å². The normalized spacial score (nSPS) is 22.5. The lowest BCUT2D eigenvalue weighted by Crippen LogP contribution is -2.28. The van der Waals surface area contributed by atoms with Gasteiger partial charge in [0, 0.05) is 6.04 Å². The summed E-state index contributed by atoms with van der Waals surface area (Å²) in [6.45, 7) is 12.9. The lowest BCUT2D eigenvalue weighted by Gasteiger charge is -2.11. The molecule has 6 heteroatoms. The van der Waals surface area contributed by atoms with Crippen molar-refractivity contribution >= 4 is 18.1 Å². The van der Waals surface area contributed by atoms with Gasteiger partial charge in [0.1, 0.15) is 0 Å². The van der Waals surface area contributed by atoms with Crippen LogP contribution in [0.25, 0.3) is 0 Å². The molecule has 1 amide bonds. The van der Waals surface area contributed by atoms with Crippen molar-refractivity contribution in [2.24, 2.45) is 17.3 Å². The number of aromatic nitrogens is 3. The van der Waals surface area contributed by atoms with Crippen molar-refractivity contribution in [2.45, 2.75) is 54.1 Å². The fourth-order valence-electron chi connectivity index (χ4n) is 3.12. The molecule has 2 atom stereocenters. The highest BCUT2D eigenvalue weighted by molar-refractivity contribution is 7.71. The summed E-state index contributed by atoms with van der Waals surface area (Å²) < 4.78 is 2.52. The maximum absolute atomic E-state index is 12.5. The number of aromatic amines is 1. The van der Waals surface area contributed by atoms with Gasteiger partial charge in [0.2, 0.25) is 5.91 Å². The van der Waals surface area contributed by atoms with E-state index >= 15 is 0 Å². The van der Waals surface area contributed by atoms with E-state index in [2.05, 4.69) is 49.3 Å². The Morgan fingerprint density at radius 1 is 1.50 bits per heavy atom. The van der Waals surface area contributed by atoms with Gasteiger partial charge in [-0.2, -0.15) is 5.10 Å². The minimum Gasteiger partial charge on any atom is -0.349 e. The van der Waals surface area contributed by atoms with Gasteiger partial charge in [-0.1, -0.05) is 25.5 Å². The average Bonchev–Trinajstić information content (AvgIpc) is 2.75. The van der Waals surface area contributed by atoms with Crippen molar-refractivity contribution in [2.75, 3.05) is 0 Å². The molecule has 1 aromatic rings. The molecule has 0 unspecified atom stereocenters. The molecular formula is C16H26N4OS. The first-order valence-electron chi connectivity index (χ1n) is 7.74. The lowest BCUT2D eigenvalue weighted by molar-refractivity contribution is -0.123. The first kappa shape index (κ1) is 16.9.